The number of anilines is 1. The number of aromatic nitrogens is 1. The van der Waals surface area contributed by atoms with Crippen molar-refractivity contribution in [2.24, 2.45) is 5.73 Å². The molecule has 0 spiro atoms. The van der Waals surface area contributed by atoms with E-state index >= 15 is 0 Å². The SMILES string of the molecule is NC(=O)CNc1c([N+](=O)[O-])cnc2ccccc12. The Morgan fingerprint density at radius 1 is 1.44 bits per heavy atom. The second-order valence-electron chi connectivity index (χ2n) is 3.61. The maximum Gasteiger partial charge on any atom is 0.311 e. The maximum atomic E-state index is 10.9. The number of benzene rings is 1. The predicted octanol–water partition coefficient (Wildman–Crippen LogP) is 1.04. The average molecular weight is 246 g/mol. The van der Waals surface area contributed by atoms with Crippen molar-refractivity contribution >= 4 is 28.2 Å². The number of carbonyl (C=O) groups is 1. The highest BCUT2D eigenvalue weighted by Crippen LogP contribution is 2.30. The summed E-state index contributed by atoms with van der Waals surface area (Å²) in [5.74, 6) is -0.592. The van der Waals surface area contributed by atoms with Gasteiger partial charge < -0.3 is 11.1 Å². The predicted molar refractivity (Wildman–Crippen MR) is 66.1 cm³/mol. The number of nitrogens with zero attached hydrogens (tertiary/aromatic N) is 2. The standard InChI is InChI=1S/C11H10N4O3/c12-10(16)6-14-11-7-3-1-2-4-8(7)13-5-9(11)15(17)18/h1-5H,6H2,(H2,12,16)(H,13,14). The third-order valence-corrected chi connectivity index (χ3v) is 2.39. The summed E-state index contributed by atoms with van der Waals surface area (Å²) < 4.78 is 0. The van der Waals surface area contributed by atoms with Gasteiger partial charge in [-0.1, -0.05) is 18.2 Å². The van der Waals surface area contributed by atoms with Gasteiger partial charge in [-0.3, -0.25) is 14.9 Å². The van der Waals surface area contributed by atoms with Crippen molar-refractivity contribution in [2.45, 2.75) is 0 Å². The number of nitro groups is 1. The fourth-order valence-electron chi connectivity index (χ4n) is 1.63. The van der Waals surface area contributed by atoms with Crippen LogP contribution in [0.5, 0.6) is 0 Å². The quantitative estimate of drug-likeness (QED) is 0.618. The molecule has 0 aliphatic rings. The minimum atomic E-state index is -0.592. The van der Waals surface area contributed by atoms with Gasteiger partial charge in [-0.25, -0.2) is 4.98 Å². The van der Waals surface area contributed by atoms with Crippen LogP contribution in [0, 0.1) is 10.1 Å². The van der Waals surface area contributed by atoms with Gasteiger partial charge in [0.15, 0.2) is 0 Å². The molecule has 0 aliphatic heterocycles. The first-order valence-electron chi connectivity index (χ1n) is 5.14. The summed E-state index contributed by atoms with van der Waals surface area (Å²) in [7, 11) is 0. The molecule has 0 unspecified atom stereocenters. The van der Waals surface area contributed by atoms with Crippen molar-refractivity contribution in [1.29, 1.82) is 0 Å². The first-order chi connectivity index (χ1) is 8.59. The molecule has 0 fully saturated rings. The van der Waals surface area contributed by atoms with Crippen molar-refractivity contribution in [3.05, 3.63) is 40.6 Å². The van der Waals surface area contributed by atoms with Gasteiger partial charge in [0.25, 0.3) is 0 Å². The van der Waals surface area contributed by atoms with Crippen molar-refractivity contribution < 1.29 is 9.72 Å². The van der Waals surface area contributed by atoms with E-state index in [1.165, 1.54) is 0 Å². The summed E-state index contributed by atoms with van der Waals surface area (Å²) in [6.45, 7) is -0.172. The lowest BCUT2D eigenvalue weighted by molar-refractivity contribution is -0.384. The van der Waals surface area contributed by atoms with Crippen LogP contribution in [-0.4, -0.2) is 22.4 Å². The highest BCUT2D eigenvalue weighted by molar-refractivity contribution is 5.96. The molecule has 0 saturated carbocycles. The summed E-state index contributed by atoms with van der Waals surface area (Å²) in [6.07, 6.45) is 1.16. The maximum absolute atomic E-state index is 10.9. The van der Waals surface area contributed by atoms with Gasteiger partial charge in [0.05, 0.1) is 17.0 Å². The van der Waals surface area contributed by atoms with E-state index < -0.39 is 10.8 Å². The fourth-order valence-corrected chi connectivity index (χ4v) is 1.63. The molecule has 1 aromatic carbocycles. The number of rotatable bonds is 4. The Hall–Kier alpha value is -2.70. The van der Waals surface area contributed by atoms with Gasteiger partial charge in [0.2, 0.25) is 5.91 Å². The van der Waals surface area contributed by atoms with Crippen LogP contribution in [0.4, 0.5) is 11.4 Å². The van der Waals surface area contributed by atoms with Gasteiger partial charge in [-0.15, -0.1) is 0 Å². The van der Waals surface area contributed by atoms with Crippen LogP contribution in [-0.2, 0) is 4.79 Å². The molecule has 2 rings (SSSR count). The molecule has 1 heterocycles. The van der Waals surface area contributed by atoms with E-state index in [2.05, 4.69) is 10.3 Å². The molecule has 0 aliphatic carbocycles. The van der Waals surface area contributed by atoms with Gasteiger partial charge in [0.1, 0.15) is 11.9 Å². The van der Waals surface area contributed by atoms with Crippen LogP contribution < -0.4 is 11.1 Å². The Kier molecular flexibility index (Phi) is 3.05. The number of nitrogens with two attached hydrogens (primary N) is 1. The second-order valence-corrected chi connectivity index (χ2v) is 3.61. The van der Waals surface area contributed by atoms with Crippen LogP contribution in [0.25, 0.3) is 10.9 Å². The number of hydrogen-bond acceptors (Lipinski definition) is 5. The molecule has 0 saturated heterocycles. The molecule has 7 heteroatoms. The minimum Gasteiger partial charge on any atom is -0.370 e. The molecular weight excluding hydrogens is 236 g/mol. The number of para-hydroxylation sites is 1. The molecule has 0 radical (unpaired) electrons. The number of nitrogens with one attached hydrogen (secondary N) is 1. The first-order valence-corrected chi connectivity index (χ1v) is 5.14. The average Bonchev–Trinajstić information content (AvgIpc) is 2.35. The number of primary amides is 1. The second kappa shape index (κ2) is 4.66. The highest BCUT2D eigenvalue weighted by Gasteiger charge is 2.17. The highest BCUT2D eigenvalue weighted by atomic mass is 16.6. The van der Waals surface area contributed by atoms with Crippen LogP contribution in [0.1, 0.15) is 0 Å². The van der Waals surface area contributed by atoms with Crippen molar-refractivity contribution in [3.8, 4) is 0 Å². The number of carbonyl (C=O) groups excluding carboxylic acids is 1. The summed E-state index contributed by atoms with van der Waals surface area (Å²) in [4.78, 5) is 25.1. The van der Waals surface area contributed by atoms with Crippen LogP contribution in [0.2, 0.25) is 0 Å². The minimum absolute atomic E-state index is 0.172. The molecular formula is C11H10N4O3. The van der Waals surface area contributed by atoms with E-state index in [0.29, 0.717) is 10.9 Å². The lowest BCUT2D eigenvalue weighted by Gasteiger charge is -2.08. The lowest BCUT2D eigenvalue weighted by Crippen LogP contribution is -2.22. The molecule has 18 heavy (non-hydrogen) atoms. The third kappa shape index (κ3) is 2.19. The molecule has 7 nitrogen and oxygen atoms in total. The zero-order valence-electron chi connectivity index (χ0n) is 9.29. The number of fused-ring (bicyclic) bond motifs is 1. The summed E-state index contributed by atoms with van der Waals surface area (Å²) in [5, 5.41) is 14.2. The smallest absolute Gasteiger partial charge is 0.311 e. The number of pyridine rings is 1. The molecule has 92 valence electrons. The van der Waals surface area contributed by atoms with Gasteiger partial charge in [0, 0.05) is 5.39 Å². The van der Waals surface area contributed by atoms with Crippen molar-refractivity contribution in [1.82, 2.24) is 4.98 Å². The molecule has 1 aromatic heterocycles. The summed E-state index contributed by atoms with van der Waals surface area (Å²) >= 11 is 0. The molecule has 1 amide bonds. The molecule has 2 aromatic rings. The summed E-state index contributed by atoms with van der Waals surface area (Å²) in [5.41, 5.74) is 5.70. The van der Waals surface area contributed by atoms with E-state index in [9.17, 15) is 14.9 Å². The van der Waals surface area contributed by atoms with E-state index in [-0.39, 0.29) is 17.9 Å². The van der Waals surface area contributed by atoms with E-state index in [1.807, 2.05) is 0 Å². The third-order valence-electron chi connectivity index (χ3n) is 2.39. The van der Waals surface area contributed by atoms with Gasteiger partial charge in [-0.05, 0) is 6.07 Å². The Balaban J connectivity index is 2.58. The number of hydrogen-bond donors (Lipinski definition) is 2. The zero-order chi connectivity index (χ0) is 13.1. The monoisotopic (exact) mass is 246 g/mol. The van der Waals surface area contributed by atoms with Crippen LogP contribution in [0.3, 0.4) is 0 Å². The van der Waals surface area contributed by atoms with Gasteiger partial charge in [-0.2, -0.15) is 0 Å². The zero-order valence-corrected chi connectivity index (χ0v) is 9.29. The van der Waals surface area contributed by atoms with E-state index in [4.69, 9.17) is 5.73 Å². The topological polar surface area (TPSA) is 111 Å². The lowest BCUT2D eigenvalue weighted by atomic mass is 10.1. The van der Waals surface area contributed by atoms with Crippen molar-refractivity contribution in [3.63, 3.8) is 0 Å². The van der Waals surface area contributed by atoms with E-state index in [1.54, 1.807) is 24.3 Å². The van der Waals surface area contributed by atoms with E-state index in [0.717, 1.165) is 6.20 Å². The van der Waals surface area contributed by atoms with Gasteiger partial charge >= 0.3 is 5.69 Å². The molecule has 0 atom stereocenters. The summed E-state index contributed by atoms with van der Waals surface area (Å²) in [6, 6.07) is 6.94. The number of amides is 1. The van der Waals surface area contributed by atoms with Crippen molar-refractivity contribution in [2.75, 3.05) is 11.9 Å². The Morgan fingerprint density at radius 3 is 2.83 bits per heavy atom. The van der Waals surface area contributed by atoms with Crippen LogP contribution in [0.15, 0.2) is 30.5 Å². The largest absolute Gasteiger partial charge is 0.370 e. The molecule has 3 N–H and O–H groups in total. The fraction of sp³-hybridized carbons (Fsp3) is 0.0909. The van der Waals surface area contributed by atoms with Crippen LogP contribution >= 0.6 is 0 Å². The molecule has 0 bridgehead atoms. The first kappa shape index (κ1) is 11.8. The Bertz CT molecular complexity index is 627. The normalized spacial score (nSPS) is 10.2. The Morgan fingerprint density at radius 2 is 2.17 bits per heavy atom. The Labute approximate surface area is 102 Å².